The maximum atomic E-state index is 11.4. The van der Waals surface area contributed by atoms with E-state index in [2.05, 4.69) is 45.0 Å². The summed E-state index contributed by atoms with van der Waals surface area (Å²) in [6, 6.07) is 8.52. The number of benzene rings is 1. The molecule has 0 saturated carbocycles. The second kappa shape index (κ2) is 8.89. The monoisotopic (exact) mass is 341 g/mol. The Morgan fingerprint density at radius 3 is 1.91 bits per heavy atom. The van der Waals surface area contributed by atoms with Crippen molar-refractivity contribution in [2.75, 3.05) is 6.61 Å². The van der Waals surface area contributed by atoms with Crippen LogP contribution in [0.25, 0.3) is 0 Å². The van der Waals surface area contributed by atoms with Crippen molar-refractivity contribution in [1.82, 2.24) is 0 Å². The van der Waals surface area contributed by atoms with Gasteiger partial charge in [-0.2, -0.15) is 4.89 Å². The van der Waals surface area contributed by atoms with E-state index in [1.165, 1.54) is 17.5 Å². The molecule has 1 rings (SSSR count). The second-order valence-electron chi connectivity index (χ2n) is 7.95. The van der Waals surface area contributed by atoms with E-state index < -0.39 is 13.9 Å². The Balaban J connectivity index is 2.27. The van der Waals surface area contributed by atoms with Crippen molar-refractivity contribution in [3.05, 3.63) is 35.4 Å². The number of rotatable bonds is 8. The van der Waals surface area contributed by atoms with Crippen LogP contribution in [0, 0.1) is 5.41 Å². The third-order valence-electron chi connectivity index (χ3n) is 3.12. The normalized spacial score (nSPS) is 13.2. The van der Waals surface area contributed by atoms with Gasteiger partial charge in [0.2, 0.25) is 0 Å². The first-order valence-electron chi connectivity index (χ1n) is 8.09. The fraction of sp³-hybridized carbons (Fsp3) is 0.667. The minimum Gasteiger partial charge on any atom is -0.187 e. The Morgan fingerprint density at radius 2 is 1.43 bits per heavy atom. The lowest BCUT2D eigenvalue weighted by molar-refractivity contribution is -0.211. The largest absolute Gasteiger partial charge is 0.729 e. The molecule has 0 aliphatic rings. The third-order valence-corrected chi connectivity index (χ3v) is 4.05. The van der Waals surface area contributed by atoms with Gasteiger partial charge in [0, 0.05) is 4.57 Å². The van der Waals surface area contributed by atoms with Gasteiger partial charge in [-0.15, -0.1) is 4.52 Å². The molecule has 0 bridgehead atoms. The van der Waals surface area contributed by atoms with Crippen LogP contribution in [-0.4, -0.2) is 12.2 Å². The third kappa shape index (κ3) is 10.6. The maximum Gasteiger partial charge on any atom is 0.729 e. The molecule has 0 aromatic heterocycles. The Kier molecular flexibility index (Phi) is 7.82. The van der Waals surface area contributed by atoms with Gasteiger partial charge in [0.15, 0.2) is 0 Å². The van der Waals surface area contributed by atoms with Crippen LogP contribution in [0.3, 0.4) is 0 Å². The van der Waals surface area contributed by atoms with E-state index >= 15 is 0 Å². The fourth-order valence-electron chi connectivity index (χ4n) is 1.87. The standard InChI is InChI=1S/C18H30O4P/c1-17(2,3)13-11-15-7-9-16(10-8-15)12-14-20-22-23(19)21-18(4,5)6/h7-10H,11-14H2,1-6H3/q+1. The van der Waals surface area contributed by atoms with Crippen molar-refractivity contribution in [2.24, 2.45) is 5.41 Å². The van der Waals surface area contributed by atoms with Crippen LogP contribution >= 0.6 is 8.25 Å². The van der Waals surface area contributed by atoms with Crippen LogP contribution in [0.1, 0.15) is 59.1 Å². The van der Waals surface area contributed by atoms with Gasteiger partial charge in [0.1, 0.15) is 5.60 Å². The predicted octanol–water partition coefficient (Wildman–Crippen LogP) is 5.63. The lowest BCUT2D eigenvalue weighted by atomic mass is 9.88. The zero-order valence-corrected chi connectivity index (χ0v) is 16.1. The van der Waals surface area contributed by atoms with Crippen LogP contribution < -0.4 is 0 Å². The van der Waals surface area contributed by atoms with Gasteiger partial charge in [-0.05, 0) is 56.6 Å². The van der Waals surface area contributed by atoms with Crippen molar-refractivity contribution in [3.8, 4) is 0 Å². The fourth-order valence-corrected chi connectivity index (χ4v) is 2.51. The summed E-state index contributed by atoms with van der Waals surface area (Å²) in [5.41, 5.74) is 2.36. The average Bonchev–Trinajstić information content (AvgIpc) is 2.40. The molecule has 1 aromatic rings. The molecule has 0 fully saturated rings. The molecule has 0 aliphatic carbocycles. The molecule has 23 heavy (non-hydrogen) atoms. The van der Waals surface area contributed by atoms with Gasteiger partial charge in [0.05, 0.1) is 11.3 Å². The Hall–Kier alpha value is -0.800. The first-order valence-corrected chi connectivity index (χ1v) is 9.18. The van der Waals surface area contributed by atoms with E-state index in [1.54, 1.807) is 0 Å². The molecule has 0 heterocycles. The molecule has 1 atom stereocenters. The highest BCUT2D eigenvalue weighted by atomic mass is 31.1. The van der Waals surface area contributed by atoms with Gasteiger partial charge >= 0.3 is 8.25 Å². The Morgan fingerprint density at radius 1 is 0.913 bits per heavy atom. The van der Waals surface area contributed by atoms with E-state index in [9.17, 15) is 4.57 Å². The van der Waals surface area contributed by atoms with Gasteiger partial charge in [-0.1, -0.05) is 45.0 Å². The molecule has 0 aliphatic heterocycles. The zero-order valence-electron chi connectivity index (χ0n) is 15.2. The molecule has 5 heteroatoms. The quantitative estimate of drug-likeness (QED) is 0.266. The molecule has 0 spiro atoms. The molecule has 0 N–H and O–H groups in total. The van der Waals surface area contributed by atoms with Gasteiger partial charge in [0.25, 0.3) is 0 Å². The highest BCUT2D eigenvalue weighted by Gasteiger charge is 2.31. The summed E-state index contributed by atoms with van der Waals surface area (Å²) in [5.74, 6) is 0. The van der Waals surface area contributed by atoms with Crippen molar-refractivity contribution in [3.63, 3.8) is 0 Å². The molecule has 4 nitrogen and oxygen atoms in total. The summed E-state index contributed by atoms with van der Waals surface area (Å²) in [6.45, 7) is 12.5. The van der Waals surface area contributed by atoms with Crippen molar-refractivity contribution in [1.29, 1.82) is 0 Å². The lowest BCUT2D eigenvalue weighted by Gasteiger charge is -2.17. The SMILES string of the molecule is CC(C)(C)CCc1ccc(CCOO[P+](=O)OC(C)(C)C)cc1. The highest BCUT2D eigenvalue weighted by Crippen LogP contribution is 2.31. The second-order valence-corrected chi connectivity index (χ2v) is 8.73. The lowest BCUT2D eigenvalue weighted by Crippen LogP contribution is -2.15. The average molecular weight is 341 g/mol. The summed E-state index contributed by atoms with van der Waals surface area (Å²) < 4.78 is 21.3. The first kappa shape index (κ1) is 20.2. The summed E-state index contributed by atoms with van der Waals surface area (Å²) in [4.78, 5) is 4.96. The van der Waals surface area contributed by atoms with Gasteiger partial charge in [-0.25, -0.2) is 0 Å². The van der Waals surface area contributed by atoms with Crippen LogP contribution in [0.4, 0.5) is 0 Å². The van der Waals surface area contributed by atoms with E-state index in [0.29, 0.717) is 18.4 Å². The maximum absolute atomic E-state index is 11.4. The van der Waals surface area contributed by atoms with Crippen LogP contribution in [0.5, 0.6) is 0 Å². The molecule has 0 radical (unpaired) electrons. The smallest absolute Gasteiger partial charge is 0.187 e. The van der Waals surface area contributed by atoms with Crippen LogP contribution in [0.15, 0.2) is 24.3 Å². The number of hydrogen-bond acceptors (Lipinski definition) is 4. The number of hydrogen-bond donors (Lipinski definition) is 0. The molecule has 0 saturated heterocycles. The number of aryl methyl sites for hydroxylation is 1. The van der Waals surface area contributed by atoms with Crippen LogP contribution in [0.2, 0.25) is 0 Å². The molecule has 0 amide bonds. The van der Waals surface area contributed by atoms with Crippen molar-refractivity contribution >= 4 is 8.25 Å². The first-order chi connectivity index (χ1) is 10.6. The molecule has 130 valence electrons. The molecular formula is C18H30O4P+. The van der Waals surface area contributed by atoms with E-state index in [0.717, 1.165) is 6.42 Å². The van der Waals surface area contributed by atoms with Crippen molar-refractivity contribution < 1.29 is 18.7 Å². The topological polar surface area (TPSA) is 44.8 Å². The minimum absolute atomic E-state index is 0.343. The summed E-state index contributed by atoms with van der Waals surface area (Å²) >= 11 is 0. The predicted molar refractivity (Wildman–Crippen MR) is 93.4 cm³/mol. The van der Waals surface area contributed by atoms with E-state index in [1.807, 2.05) is 20.8 Å². The summed E-state index contributed by atoms with van der Waals surface area (Å²) in [7, 11) is -2.24. The Labute approximate surface area is 141 Å². The summed E-state index contributed by atoms with van der Waals surface area (Å²) in [5, 5.41) is 0. The van der Waals surface area contributed by atoms with E-state index in [-0.39, 0.29) is 0 Å². The molecule has 1 aromatic carbocycles. The summed E-state index contributed by atoms with van der Waals surface area (Å²) in [6.07, 6.45) is 2.97. The Bertz CT molecular complexity index is 483. The van der Waals surface area contributed by atoms with E-state index in [4.69, 9.17) is 14.1 Å². The molecule has 1 unspecified atom stereocenters. The van der Waals surface area contributed by atoms with Gasteiger partial charge in [-0.3, -0.25) is 0 Å². The van der Waals surface area contributed by atoms with Gasteiger partial charge < -0.3 is 0 Å². The zero-order chi connectivity index (χ0) is 17.5. The van der Waals surface area contributed by atoms with Crippen LogP contribution in [-0.2, 0) is 31.5 Å². The molecular weight excluding hydrogens is 311 g/mol. The van der Waals surface area contributed by atoms with Crippen molar-refractivity contribution in [2.45, 2.75) is 66.4 Å². The minimum atomic E-state index is -2.24. The highest BCUT2D eigenvalue weighted by molar-refractivity contribution is 7.33.